The Balaban J connectivity index is 1.43. The van der Waals surface area contributed by atoms with Gasteiger partial charge in [0, 0.05) is 30.8 Å². The Kier molecular flexibility index (Phi) is 4.62. The van der Waals surface area contributed by atoms with Crippen molar-refractivity contribution in [2.75, 3.05) is 11.9 Å². The lowest BCUT2D eigenvalue weighted by Crippen LogP contribution is -2.38. The molecule has 0 unspecified atom stereocenters. The maximum Gasteiger partial charge on any atom is 0.225 e. The number of aryl methyl sites for hydroxylation is 2. The molecule has 2 aliphatic rings. The summed E-state index contributed by atoms with van der Waals surface area (Å²) in [5.74, 6) is 1.88. The second-order valence-corrected chi connectivity index (χ2v) is 7.46. The van der Waals surface area contributed by atoms with E-state index in [0.717, 1.165) is 49.6 Å². The minimum absolute atomic E-state index is 0.120. The number of likely N-dealkylation sites (tertiary alicyclic amines) is 1. The number of anilines is 1. The Morgan fingerprint density at radius 3 is 2.58 bits per heavy atom. The van der Waals surface area contributed by atoms with Crippen molar-refractivity contribution in [1.82, 2.24) is 14.9 Å². The molecule has 136 valence electrons. The highest BCUT2D eigenvalue weighted by molar-refractivity contribution is 5.80. The minimum Gasteiger partial charge on any atom is -0.365 e. The fourth-order valence-corrected chi connectivity index (χ4v) is 4.23. The van der Waals surface area contributed by atoms with Crippen LogP contribution in [0.5, 0.6) is 0 Å². The molecule has 2 heterocycles. The molecule has 26 heavy (non-hydrogen) atoms. The number of rotatable bonds is 5. The van der Waals surface area contributed by atoms with Crippen LogP contribution in [0.2, 0.25) is 0 Å². The molecule has 1 aromatic heterocycles. The smallest absolute Gasteiger partial charge is 0.225 e. The second kappa shape index (κ2) is 7.06. The van der Waals surface area contributed by atoms with Gasteiger partial charge in [0.1, 0.15) is 11.6 Å². The summed E-state index contributed by atoms with van der Waals surface area (Å²) in [6, 6.07) is 11.0. The van der Waals surface area contributed by atoms with Crippen LogP contribution in [0, 0.1) is 6.92 Å². The van der Waals surface area contributed by atoms with Crippen LogP contribution in [0.3, 0.4) is 0 Å². The van der Waals surface area contributed by atoms with Gasteiger partial charge in [-0.25, -0.2) is 9.97 Å². The number of amides is 1. The van der Waals surface area contributed by atoms with E-state index in [1.54, 1.807) is 0 Å². The summed E-state index contributed by atoms with van der Waals surface area (Å²) in [5.41, 5.74) is 3.84. The number of carbonyl (C=O) groups excluding carboxylic acids is 1. The molecule has 0 spiro atoms. The SMILES string of the molecule is CCCc1cc(N[C@H]2CC(=O)N(C3Cc4ccccc4C3)C2)nc(C)n1. The van der Waals surface area contributed by atoms with E-state index < -0.39 is 0 Å². The van der Waals surface area contributed by atoms with Crippen LogP contribution in [0.1, 0.15) is 42.4 Å². The molecule has 1 aromatic carbocycles. The van der Waals surface area contributed by atoms with Crippen molar-refractivity contribution in [3.63, 3.8) is 0 Å². The molecule has 1 fully saturated rings. The van der Waals surface area contributed by atoms with E-state index in [2.05, 4.69) is 51.4 Å². The molecular weight excluding hydrogens is 324 g/mol. The molecule has 0 bridgehead atoms. The van der Waals surface area contributed by atoms with Crippen LogP contribution in [0.25, 0.3) is 0 Å². The summed E-state index contributed by atoms with van der Waals surface area (Å²) in [6.07, 6.45) is 4.50. The Labute approximate surface area is 154 Å². The maximum absolute atomic E-state index is 12.6. The molecule has 0 radical (unpaired) electrons. The molecular formula is C21H26N4O. The largest absolute Gasteiger partial charge is 0.365 e. The summed E-state index contributed by atoms with van der Waals surface area (Å²) >= 11 is 0. The van der Waals surface area contributed by atoms with Crippen molar-refractivity contribution in [1.29, 1.82) is 0 Å². The quantitative estimate of drug-likeness (QED) is 0.901. The average molecular weight is 350 g/mol. The second-order valence-electron chi connectivity index (χ2n) is 7.46. The summed E-state index contributed by atoms with van der Waals surface area (Å²) in [7, 11) is 0. The van der Waals surface area contributed by atoms with Crippen molar-refractivity contribution in [2.45, 2.75) is 58.0 Å². The van der Waals surface area contributed by atoms with Crippen LogP contribution in [0.4, 0.5) is 5.82 Å². The lowest BCUT2D eigenvalue weighted by atomic mass is 10.1. The molecule has 1 aliphatic carbocycles. The van der Waals surface area contributed by atoms with E-state index >= 15 is 0 Å². The molecule has 1 atom stereocenters. The van der Waals surface area contributed by atoms with E-state index in [9.17, 15) is 4.79 Å². The molecule has 2 aromatic rings. The lowest BCUT2D eigenvalue weighted by Gasteiger charge is -2.24. The fraction of sp³-hybridized carbons (Fsp3) is 0.476. The molecule has 1 saturated heterocycles. The average Bonchev–Trinajstić information content (AvgIpc) is 3.17. The fourth-order valence-electron chi connectivity index (χ4n) is 4.23. The molecule has 1 N–H and O–H groups in total. The van der Waals surface area contributed by atoms with E-state index in [-0.39, 0.29) is 11.9 Å². The van der Waals surface area contributed by atoms with Crippen LogP contribution in [-0.4, -0.2) is 39.4 Å². The third-order valence-electron chi connectivity index (χ3n) is 5.38. The predicted octanol–water partition coefficient (Wildman–Crippen LogP) is 2.92. The number of carbonyl (C=O) groups is 1. The third kappa shape index (κ3) is 3.43. The van der Waals surface area contributed by atoms with E-state index in [4.69, 9.17) is 0 Å². The normalized spacial score (nSPS) is 19.8. The number of nitrogens with one attached hydrogen (secondary N) is 1. The van der Waals surface area contributed by atoms with Gasteiger partial charge in [0.2, 0.25) is 5.91 Å². The summed E-state index contributed by atoms with van der Waals surface area (Å²) in [4.78, 5) is 23.7. The highest BCUT2D eigenvalue weighted by Gasteiger charge is 2.37. The zero-order valence-corrected chi connectivity index (χ0v) is 15.5. The highest BCUT2D eigenvalue weighted by Crippen LogP contribution is 2.29. The van der Waals surface area contributed by atoms with Gasteiger partial charge in [-0.05, 0) is 37.3 Å². The number of hydrogen-bond donors (Lipinski definition) is 1. The Hall–Kier alpha value is -2.43. The Bertz CT molecular complexity index is 794. The standard InChI is InChI=1S/C21H26N4O/c1-3-6-17-11-20(23-14(2)22-17)24-18-12-21(26)25(13-18)19-9-15-7-4-5-8-16(15)10-19/h4-5,7-8,11,18-19H,3,6,9-10,12-13H2,1-2H3,(H,22,23,24)/t18-/m0/s1. The van der Waals surface area contributed by atoms with Gasteiger partial charge >= 0.3 is 0 Å². The topological polar surface area (TPSA) is 58.1 Å². The van der Waals surface area contributed by atoms with Crippen molar-refractivity contribution >= 4 is 11.7 Å². The number of benzene rings is 1. The van der Waals surface area contributed by atoms with Crippen LogP contribution < -0.4 is 5.32 Å². The first-order valence-electron chi connectivity index (χ1n) is 9.59. The third-order valence-corrected chi connectivity index (χ3v) is 5.38. The lowest BCUT2D eigenvalue weighted by molar-refractivity contribution is -0.129. The first-order chi connectivity index (χ1) is 12.6. The van der Waals surface area contributed by atoms with Gasteiger partial charge in [-0.2, -0.15) is 0 Å². The number of aromatic nitrogens is 2. The summed E-state index contributed by atoms with van der Waals surface area (Å²) < 4.78 is 0. The van der Waals surface area contributed by atoms with Crippen molar-refractivity contribution in [2.24, 2.45) is 0 Å². The minimum atomic E-state index is 0.120. The van der Waals surface area contributed by atoms with Gasteiger partial charge in [0.15, 0.2) is 0 Å². The van der Waals surface area contributed by atoms with Crippen LogP contribution in [0.15, 0.2) is 30.3 Å². The van der Waals surface area contributed by atoms with Gasteiger partial charge in [0.25, 0.3) is 0 Å². The van der Waals surface area contributed by atoms with Gasteiger partial charge in [0.05, 0.1) is 6.04 Å². The van der Waals surface area contributed by atoms with Crippen LogP contribution >= 0.6 is 0 Å². The van der Waals surface area contributed by atoms with Crippen molar-refractivity contribution in [3.05, 3.63) is 53.0 Å². The van der Waals surface area contributed by atoms with Gasteiger partial charge in [-0.15, -0.1) is 0 Å². The Morgan fingerprint density at radius 1 is 1.15 bits per heavy atom. The summed E-state index contributed by atoms with van der Waals surface area (Å²) in [6.45, 7) is 4.83. The van der Waals surface area contributed by atoms with Gasteiger partial charge in [-0.3, -0.25) is 4.79 Å². The zero-order valence-electron chi connectivity index (χ0n) is 15.5. The predicted molar refractivity (Wildman–Crippen MR) is 102 cm³/mol. The molecule has 1 amide bonds. The van der Waals surface area contributed by atoms with Gasteiger partial charge in [-0.1, -0.05) is 37.6 Å². The van der Waals surface area contributed by atoms with Gasteiger partial charge < -0.3 is 10.2 Å². The molecule has 4 rings (SSSR count). The molecule has 5 heteroatoms. The molecule has 0 saturated carbocycles. The number of fused-ring (bicyclic) bond motifs is 1. The number of hydrogen-bond acceptors (Lipinski definition) is 4. The van der Waals surface area contributed by atoms with E-state index in [1.165, 1.54) is 11.1 Å². The Morgan fingerprint density at radius 2 is 1.88 bits per heavy atom. The highest BCUT2D eigenvalue weighted by atomic mass is 16.2. The van der Waals surface area contributed by atoms with Crippen molar-refractivity contribution < 1.29 is 4.79 Å². The van der Waals surface area contributed by atoms with Crippen molar-refractivity contribution in [3.8, 4) is 0 Å². The van der Waals surface area contributed by atoms with Crippen LogP contribution in [-0.2, 0) is 24.1 Å². The monoisotopic (exact) mass is 350 g/mol. The van der Waals surface area contributed by atoms with E-state index in [1.807, 2.05) is 13.0 Å². The maximum atomic E-state index is 12.6. The summed E-state index contributed by atoms with van der Waals surface area (Å²) in [5, 5.41) is 3.47. The van der Waals surface area contributed by atoms with E-state index in [0.29, 0.717) is 12.5 Å². The number of nitrogens with zero attached hydrogens (tertiary/aromatic N) is 3. The first kappa shape index (κ1) is 17.0. The molecule has 5 nitrogen and oxygen atoms in total. The zero-order chi connectivity index (χ0) is 18.1. The first-order valence-corrected chi connectivity index (χ1v) is 9.59. The molecule has 1 aliphatic heterocycles.